The van der Waals surface area contributed by atoms with Gasteiger partial charge in [-0.25, -0.2) is 0 Å². The van der Waals surface area contributed by atoms with Crippen molar-refractivity contribution in [2.45, 2.75) is 72.4 Å². The number of allylic oxidation sites excluding steroid dienone is 2. The molecule has 2 aromatic carbocycles. The van der Waals surface area contributed by atoms with Gasteiger partial charge in [0, 0.05) is 37.7 Å². The van der Waals surface area contributed by atoms with Crippen LogP contribution in [0.25, 0.3) is 16.3 Å². The molecule has 42 heavy (non-hydrogen) atoms. The fraction of sp³-hybridized carbons (Fsp3) is 0.438. The van der Waals surface area contributed by atoms with Crippen molar-refractivity contribution in [1.29, 1.82) is 0 Å². The summed E-state index contributed by atoms with van der Waals surface area (Å²) in [5.74, 6) is 1.35. The van der Waals surface area contributed by atoms with E-state index in [9.17, 15) is 17.8 Å². The summed E-state index contributed by atoms with van der Waals surface area (Å²) in [5, 5.41) is 1.14. The first kappa shape index (κ1) is 30.3. The smallest absolute Gasteiger partial charge is 0.264 e. The molecule has 1 amide bonds. The highest BCUT2D eigenvalue weighted by molar-refractivity contribution is 7.85. The first-order valence-electron chi connectivity index (χ1n) is 14.7. The summed E-state index contributed by atoms with van der Waals surface area (Å²) in [6.07, 6.45) is 8.35. The Morgan fingerprint density at radius 1 is 1.10 bits per heavy atom. The fourth-order valence-electron chi connectivity index (χ4n) is 5.59. The molecule has 1 N–H and O–H groups in total. The molecule has 10 heteroatoms. The summed E-state index contributed by atoms with van der Waals surface area (Å²) >= 11 is 1.76. The second-order valence-corrected chi connectivity index (χ2v) is 14.0. The van der Waals surface area contributed by atoms with Gasteiger partial charge in [-0.1, -0.05) is 30.4 Å². The summed E-state index contributed by atoms with van der Waals surface area (Å²) in [6, 6.07) is 12.6. The molecule has 1 unspecified atom stereocenters. The maximum absolute atomic E-state index is 12.0. The maximum Gasteiger partial charge on any atom is 0.264 e. The van der Waals surface area contributed by atoms with Crippen LogP contribution in [-0.4, -0.2) is 48.7 Å². The molecule has 2 aliphatic heterocycles. The highest BCUT2D eigenvalue weighted by Crippen LogP contribution is 2.40. The van der Waals surface area contributed by atoms with Crippen molar-refractivity contribution in [1.82, 2.24) is 4.90 Å². The minimum atomic E-state index is -4.04. The van der Waals surface area contributed by atoms with Crippen molar-refractivity contribution >= 4 is 49.3 Å². The molecule has 1 saturated heterocycles. The number of aromatic nitrogens is 1. The first-order valence-corrected chi connectivity index (χ1v) is 17.1. The number of anilines is 1. The Morgan fingerprint density at radius 3 is 2.62 bits per heavy atom. The number of benzene rings is 2. The summed E-state index contributed by atoms with van der Waals surface area (Å²) < 4.78 is 41.7. The lowest BCUT2D eigenvalue weighted by Gasteiger charge is -2.18. The molecule has 2 aliphatic rings. The zero-order chi connectivity index (χ0) is 30.0. The maximum atomic E-state index is 12.0. The van der Waals surface area contributed by atoms with Gasteiger partial charge in [0.15, 0.2) is 12.3 Å². The Labute approximate surface area is 252 Å². The average Bonchev–Trinajstić information content (AvgIpc) is 3.21. The number of rotatable bonds is 13. The van der Waals surface area contributed by atoms with Gasteiger partial charge >= 0.3 is 0 Å². The largest absolute Gasteiger partial charge is 0.439 e. The Balaban J connectivity index is 1.37. The minimum absolute atomic E-state index is 0.115. The Morgan fingerprint density at radius 2 is 1.86 bits per heavy atom. The number of aryl methyl sites for hydroxylation is 3. The van der Waals surface area contributed by atoms with Crippen molar-refractivity contribution in [3.63, 3.8) is 0 Å². The number of amides is 1. The van der Waals surface area contributed by atoms with Gasteiger partial charge in [0.25, 0.3) is 15.1 Å². The van der Waals surface area contributed by atoms with E-state index in [1.54, 1.807) is 11.3 Å². The van der Waals surface area contributed by atoms with Crippen LogP contribution in [-0.2, 0) is 21.5 Å². The molecular weight excluding hydrogens is 571 g/mol. The van der Waals surface area contributed by atoms with Gasteiger partial charge in [-0.15, -0.1) is 0 Å². The van der Waals surface area contributed by atoms with Crippen LogP contribution < -0.4 is 14.2 Å². The summed E-state index contributed by atoms with van der Waals surface area (Å²) in [4.78, 5) is 16.0. The first-order chi connectivity index (χ1) is 20.0. The monoisotopic (exact) mass is 610 g/mol. The van der Waals surface area contributed by atoms with Crippen molar-refractivity contribution in [2.24, 2.45) is 0 Å². The molecule has 0 radical (unpaired) electrons. The third-order valence-corrected chi connectivity index (χ3v) is 9.63. The second-order valence-electron chi connectivity index (χ2n) is 11.3. The van der Waals surface area contributed by atoms with Crippen LogP contribution in [0, 0.1) is 13.8 Å². The molecule has 3 heterocycles. The lowest BCUT2D eigenvalue weighted by atomic mass is 10.2. The van der Waals surface area contributed by atoms with E-state index in [0.29, 0.717) is 18.3 Å². The number of hydrogen-bond acceptors (Lipinski definition) is 6. The number of carbonyl (C=O) groups is 1. The van der Waals surface area contributed by atoms with E-state index >= 15 is 0 Å². The Bertz CT molecular complexity index is 1660. The Hall–Kier alpha value is -3.21. The molecular formula is C32H40N3O5S2+. The molecule has 5 rings (SSSR count). The van der Waals surface area contributed by atoms with Crippen molar-refractivity contribution in [2.75, 3.05) is 23.7 Å². The number of unbranched alkanes of at least 4 members (excludes halogenated alkanes) is 1. The molecule has 1 aromatic heterocycles. The normalized spacial score (nSPS) is 17.8. The summed E-state index contributed by atoms with van der Waals surface area (Å²) in [6.45, 7) is 10.4. The van der Waals surface area contributed by atoms with Gasteiger partial charge in [-0.3, -0.25) is 9.35 Å². The quantitative estimate of drug-likeness (QED) is 0.110. The molecule has 8 nitrogen and oxygen atoms in total. The van der Waals surface area contributed by atoms with E-state index in [0.717, 1.165) is 66.4 Å². The number of fused-ring (bicyclic) bond motifs is 2. The van der Waals surface area contributed by atoms with Crippen LogP contribution in [0.3, 0.4) is 0 Å². The predicted octanol–water partition coefficient (Wildman–Crippen LogP) is 6.02. The van der Waals surface area contributed by atoms with E-state index in [-0.39, 0.29) is 18.2 Å². The van der Waals surface area contributed by atoms with Crippen LogP contribution >= 0.6 is 11.3 Å². The molecule has 0 bridgehead atoms. The van der Waals surface area contributed by atoms with Crippen LogP contribution in [0.2, 0.25) is 0 Å². The summed E-state index contributed by atoms with van der Waals surface area (Å²) in [7, 11) is -4.04. The lowest BCUT2D eigenvalue weighted by molar-refractivity contribution is -0.669. The number of carbonyl (C=O) groups excluding carboxylic acids is 1. The van der Waals surface area contributed by atoms with Crippen LogP contribution in [0.15, 0.2) is 53.9 Å². The minimum Gasteiger partial charge on any atom is -0.439 e. The van der Waals surface area contributed by atoms with Gasteiger partial charge in [0.2, 0.25) is 17.3 Å². The van der Waals surface area contributed by atoms with Gasteiger partial charge in [-0.05, 0) is 81.4 Å². The van der Waals surface area contributed by atoms with Gasteiger partial charge < -0.3 is 14.5 Å². The zero-order valence-corrected chi connectivity index (χ0v) is 26.4. The van der Waals surface area contributed by atoms with Gasteiger partial charge in [0.1, 0.15) is 10.7 Å². The number of ether oxygens (including phenoxy) is 1. The highest BCUT2D eigenvalue weighted by atomic mass is 32.2. The standard InChI is InChI=1S/C32H39N3O5S2/c1-5-14-35-25(32(35)36)9-6-7-15-34-27-19-23(3)11-13-29(27)41-31(34)21-24(4)20-30-33(16-8-17-42(37,38)39)26-18-22(2)10-12-28(26)40-30/h10-13,18-21,25H,5-9,14-17H2,1-4H3/p+1. The molecule has 0 aliphatic carbocycles. The Kier molecular flexibility index (Phi) is 9.05. The second kappa shape index (κ2) is 12.6. The van der Waals surface area contributed by atoms with E-state index in [1.807, 2.05) is 47.9 Å². The average molecular weight is 611 g/mol. The third-order valence-electron chi connectivity index (χ3n) is 7.71. The molecule has 224 valence electrons. The fourth-order valence-corrected chi connectivity index (χ4v) is 7.26. The molecule has 1 atom stereocenters. The number of hydrogen-bond donors (Lipinski definition) is 1. The molecule has 0 saturated carbocycles. The summed E-state index contributed by atoms with van der Waals surface area (Å²) in [5.41, 5.74) is 5.41. The topological polar surface area (TPSA) is 90.8 Å². The van der Waals surface area contributed by atoms with Gasteiger partial charge in [0.05, 0.1) is 11.4 Å². The van der Waals surface area contributed by atoms with Crippen molar-refractivity contribution in [3.8, 4) is 5.75 Å². The number of nitrogens with zero attached hydrogens (tertiary/aromatic N) is 3. The van der Waals surface area contributed by atoms with Crippen LogP contribution in [0.5, 0.6) is 5.75 Å². The van der Waals surface area contributed by atoms with Crippen LogP contribution in [0.4, 0.5) is 5.69 Å². The third kappa shape index (κ3) is 7.04. The highest BCUT2D eigenvalue weighted by Gasteiger charge is 2.43. The van der Waals surface area contributed by atoms with Crippen molar-refractivity contribution in [3.05, 3.63) is 70.1 Å². The number of thiazole rings is 1. The molecule has 0 spiro atoms. The van der Waals surface area contributed by atoms with E-state index in [2.05, 4.69) is 42.7 Å². The van der Waals surface area contributed by atoms with Crippen molar-refractivity contribution < 1.29 is 27.1 Å². The van der Waals surface area contributed by atoms with Gasteiger partial charge in [-0.2, -0.15) is 13.0 Å². The SMILES string of the molecule is CCCN1C(=O)C1CCCC[n+]1c(C=C(C)C=C2Oc3ccc(C)cc3N2CCCS(=O)(=O)O)sc2ccc(C)cc21. The predicted molar refractivity (Wildman–Crippen MR) is 168 cm³/mol. The van der Waals surface area contributed by atoms with E-state index in [1.165, 1.54) is 15.8 Å². The molecule has 3 aromatic rings. The van der Waals surface area contributed by atoms with E-state index < -0.39 is 10.1 Å². The molecule has 1 fully saturated rings. The zero-order valence-electron chi connectivity index (χ0n) is 24.8. The lowest BCUT2D eigenvalue weighted by Crippen LogP contribution is -2.35. The van der Waals surface area contributed by atoms with E-state index in [4.69, 9.17) is 4.74 Å². The van der Waals surface area contributed by atoms with Crippen LogP contribution in [0.1, 0.15) is 62.1 Å².